The minimum atomic E-state index is -6.66. The van der Waals surface area contributed by atoms with Crippen LogP contribution in [-0.2, 0) is 142 Å². The van der Waals surface area contributed by atoms with Gasteiger partial charge in [0.2, 0.25) is 83.2 Å². The molecule has 0 aliphatic carbocycles. The molecular weight excluding hydrogens is 1390 g/mol. The van der Waals surface area contributed by atoms with Crippen molar-refractivity contribution in [1.29, 1.82) is 0 Å². The average Bonchev–Trinajstić information content (AvgIpc) is 2.92. The number of ether oxygens (including phenoxy) is 2. The smallest absolute Gasteiger partial charge is 0.870 e. The van der Waals surface area contributed by atoms with Crippen LogP contribution in [0.4, 0.5) is 0 Å². The van der Waals surface area contributed by atoms with E-state index < -0.39 is 169 Å². The summed E-state index contributed by atoms with van der Waals surface area (Å²) in [4.78, 5) is 0. The van der Waals surface area contributed by atoms with Gasteiger partial charge in [-0.3, -0.25) is 37.6 Å². The van der Waals surface area contributed by atoms with Crippen molar-refractivity contribution < 1.29 is 628 Å². The molecule has 56 heteroatoms. The second kappa shape index (κ2) is 45.8. The van der Waals surface area contributed by atoms with Crippen molar-refractivity contribution >= 4 is 94.6 Å². The van der Waals surface area contributed by atoms with Gasteiger partial charge in [0.25, 0.3) is 0 Å². The number of rotatable bonds is 26. The largest absolute Gasteiger partial charge is 1.00 e. The van der Waals surface area contributed by atoms with E-state index in [0.29, 0.717) is 0 Å². The summed E-state index contributed by atoms with van der Waals surface area (Å²) in [5.74, 6) is 0. The predicted molar refractivity (Wildman–Crippen MR) is 149 cm³/mol. The van der Waals surface area contributed by atoms with Crippen molar-refractivity contribution in [3.05, 3.63) is 0 Å². The van der Waals surface area contributed by atoms with Crippen LogP contribution in [0.15, 0.2) is 0 Å². The van der Waals surface area contributed by atoms with Gasteiger partial charge in [-0.05, 0) is 0 Å². The normalized spacial score (nSPS) is 21.1. The van der Waals surface area contributed by atoms with Crippen molar-refractivity contribution in [2.24, 2.45) is 0 Å². The van der Waals surface area contributed by atoms with E-state index in [0.717, 1.165) is 0 Å². The summed E-state index contributed by atoms with van der Waals surface area (Å²) in [6, 6.07) is 0. The first-order valence-electron chi connectivity index (χ1n) is 12.6. The van der Waals surface area contributed by atoms with Gasteiger partial charge in [0.1, 0.15) is 42.7 Å². The van der Waals surface area contributed by atoms with E-state index in [1.165, 1.54) is 0 Å². The molecule has 1 rings (SSSR count). The molecule has 1 N–H and O–H groups in total. The van der Waals surface area contributed by atoms with Crippen LogP contribution in [0.2, 0.25) is 0 Å². The molecule has 1 aliphatic rings. The third kappa shape index (κ3) is 52.7. The molecule has 1 heterocycles. The Balaban J connectivity index is -0.000000420. The summed E-state index contributed by atoms with van der Waals surface area (Å²) < 4.78 is 339. The number of hydrogen-bond acceptors (Lipinski definition) is 38. The molecule has 356 valence electrons. The monoisotopic (exact) mass is 1410 g/mol. The van der Waals surface area contributed by atoms with E-state index in [1.807, 2.05) is 0 Å². The van der Waals surface area contributed by atoms with Crippen LogP contribution in [0.25, 0.3) is 0 Å². The van der Waals surface area contributed by atoms with Gasteiger partial charge in [0.15, 0.2) is 12.4 Å². The molecule has 1 fully saturated rings. The topological polar surface area (TPSA) is 629 Å². The van der Waals surface area contributed by atoms with Crippen LogP contribution in [0.1, 0.15) is 0 Å². The summed E-state index contributed by atoms with van der Waals surface area (Å²) in [5.41, 5.74) is 0. The zero-order chi connectivity index (χ0) is 45.7. The van der Waals surface area contributed by atoms with E-state index in [-0.39, 0.29) is 468 Å². The van der Waals surface area contributed by atoms with Crippen molar-refractivity contribution in [3.63, 3.8) is 0 Å². The summed E-state index contributed by atoms with van der Waals surface area (Å²) in [5, 5.41) is 0. The zero-order valence-corrected chi connectivity index (χ0v) is 71.0. The Hall–Kier alpha value is 13.6. The van der Waals surface area contributed by atoms with Gasteiger partial charge < -0.3 is 55.9 Å². The Morgan fingerprint density at radius 3 is 1.10 bits per heavy atom. The third-order valence-corrected chi connectivity index (χ3v) is 9.44. The molecule has 0 radical (unpaired) electrons. The fourth-order valence-corrected chi connectivity index (χ4v) is 7.83. The van der Waals surface area contributed by atoms with Crippen molar-refractivity contribution in [2.75, 3.05) is 19.8 Å². The van der Waals surface area contributed by atoms with Gasteiger partial charge in [-0.15, -0.1) is 0 Å². The quantitative estimate of drug-likeness (QED) is 0.0336. The standard InChI is InChI=1S/C12H24O37S9.9K.H2O/c13-50(14)43-5(8(46-55(27,28)29)9(47-56(30,31)32)6(44-53(21,22)23)3-41-52(18,19)20)1-39-12-11(49-58(36,37)38)10(48-57(33,34)35)7(45-54(24,25)26)4(42-12)2-40-51(15,16)17;;;;;;;;;;/h4-12H,1-3H2,(H,13,14)(H,15,16,17)(H,18,19,20)(H,21,22,23)(H,24,25,26)(H,27,28,29)(H,30,31,32)(H,33,34,35)(H,36,37,38);;;;;;;;;;1H2/q;9*+1;/p-10/t4-,5+,6-,7-,8-,9-,10+,11-,12-;;;;;;;;;;/m1........../s1. The van der Waals surface area contributed by atoms with E-state index in [4.69, 9.17) is 9.47 Å². The average molecular weight is 1410 g/mol. The van der Waals surface area contributed by atoms with Crippen molar-refractivity contribution in [3.8, 4) is 0 Å². The molecule has 1 saturated heterocycles. The molecule has 0 aromatic carbocycles. The Labute approximate surface area is 773 Å². The van der Waals surface area contributed by atoms with Gasteiger partial charge in [-0.1, -0.05) is 0 Å². The SMILES string of the molecule is O=S([O-])O[C@@H](CO[C@@H]1O[C@H](COS(=O)(=O)[O-])[C@@H](OS(=O)(=O)[O-])[C@H](OS(=O)(=O)[O-])[C@H]1OS(=O)(=O)[O-])[C@@H](OS(=O)(=O)[O-])[C@H](OS(=O)(=O)[O-])[C@@H](COS(=O)(=O)[O-])OS(=O)(=O)[O-].[K+].[K+].[K+].[K+].[K+].[K+].[K+].[K+].[K+].[OH-]. The maximum absolute atomic E-state index is 11.6. The van der Waals surface area contributed by atoms with Gasteiger partial charge in [-0.25, -0.2) is 71.6 Å². The molecule has 68 heavy (non-hydrogen) atoms. The second-order valence-electron chi connectivity index (χ2n) is 9.49. The minimum absolute atomic E-state index is 0. The molecule has 38 nitrogen and oxygen atoms in total. The van der Waals surface area contributed by atoms with Crippen LogP contribution < -0.4 is 462 Å². The maximum Gasteiger partial charge on any atom is 1.00 e. The molecule has 0 aromatic heterocycles. The van der Waals surface area contributed by atoms with Crippen molar-refractivity contribution in [1.82, 2.24) is 0 Å². The first-order chi connectivity index (χ1) is 25.5. The van der Waals surface area contributed by atoms with E-state index >= 15 is 0 Å². The summed E-state index contributed by atoms with van der Waals surface area (Å²) in [6.45, 7) is -6.78. The molecule has 0 bridgehead atoms. The first kappa shape index (κ1) is 103. The minimum Gasteiger partial charge on any atom is -0.870 e. The van der Waals surface area contributed by atoms with Crippen LogP contribution in [0.3, 0.4) is 0 Å². The molecule has 0 spiro atoms. The summed E-state index contributed by atoms with van der Waals surface area (Å²) >= 11 is -4.32. The van der Waals surface area contributed by atoms with Gasteiger partial charge in [-0.2, -0.15) is 0 Å². The maximum atomic E-state index is 11.6. The fourth-order valence-electron chi connectivity index (χ4n) is 3.91. The molecule has 10 atom stereocenters. The van der Waals surface area contributed by atoms with Gasteiger partial charge >= 0.3 is 462 Å². The van der Waals surface area contributed by atoms with E-state index in [2.05, 4.69) is 37.6 Å². The Kier molecular flexibility index (Phi) is 69.7. The number of hydrogen-bond donors (Lipinski definition) is 0. The van der Waals surface area contributed by atoms with Gasteiger partial charge in [0.05, 0.1) is 31.2 Å². The molecule has 1 aliphatic heterocycles. The molecule has 0 aromatic rings. The molecule has 0 saturated carbocycles. The van der Waals surface area contributed by atoms with E-state index in [9.17, 15) is 113 Å². The molecule has 1 unspecified atom stereocenters. The Morgan fingerprint density at radius 1 is 0.441 bits per heavy atom. The van der Waals surface area contributed by atoms with Crippen molar-refractivity contribution in [2.45, 2.75) is 55.1 Å². The third-order valence-electron chi connectivity index (χ3n) is 5.41. The molecular formula is C12H16K9O38S9-. The molecule has 0 amide bonds. The summed E-state index contributed by atoms with van der Waals surface area (Å²) in [7, 11) is -51.2. The zero-order valence-electron chi connectivity index (χ0n) is 35.5. The predicted octanol–water partition coefficient (Wildman–Crippen LogP) is -37.2. The van der Waals surface area contributed by atoms with Crippen LogP contribution >= 0.6 is 0 Å². The van der Waals surface area contributed by atoms with Gasteiger partial charge in [0, 0.05) is 0 Å². The van der Waals surface area contributed by atoms with Crippen LogP contribution in [0.5, 0.6) is 0 Å². The Morgan fingerprint density at radius 2 is 0.779 bits per heavy atom. The van der Waals surface area contributed by atoms with Crippen LogP contribution in [0, 0.1) is 0 Å². The fraction of sp³-hybridized carbons (Fsp3) is 1.00. The second-order valence-corrected chi connectivity index (χ2v) is 18.2. The summed E-state index contributed by atoms with van der Waals surface area (Å²) in [6.07, 6.45) is -31.4. The van der Waals surface area contributed by atoms with E-state index in [1.54, 1.807) is 0 Å². The first-order valence-corrected chi connectivity index (χ1v) is 24.3. The van der Waals surface area contributed by atoms with Crippen LogP contribution in [-0.4, -0.2) is 193 Å². The Bertz CT molecular complexity index is 2370.